The van der Waals surface area contributed by atoms with Gasteiger partial charge in [-0.2, -0.15) is 15.6 Å². The maximum atomic E-state index is 13.3. The minimum absolute atomic E-state index is 0.385. The lowest BCUT2D eigenvalue weighted by Gasteiger charge is -2.24. The molecule has 0 fully saturated rings. The topological polar surface area (TPSA) is 89.0 Å². The summed E-state index contributed by atoms with van der Waals surface area (Å²) < 4.78 is 13.3. The fourth-order valence-corrected chi connectivity index (χ4v) is 3.02. The van der Waals surface area contributed by atoms with Crippen LogP contribution in [0.1, 0.15) is 17.0 Å². The number of amides is 1. The van der Waals surface area contributed by atoms with Crippen molar-refractivity contribution in [3.05, 3.63) is 71.5 Å². The van der Waals surface area contributed by atoms with Crippen LogP contribution in [0.4, 0.5) is 4.39 Å². The molecule has 122 valence electrons. The molecule has 1 aliphatic rings. The van der Waals surface area contributed by atoms with Gasteiger partial charge in [-0.05, 0) is 23.3 Å². The third-order valence-electron chi connectivity index (χ3n) is 4.18. The Bertz CT molecular complexity index is 880. The van der Waals surface area contributed by atoms with E-state index in [1.807, 2.05) is 42.5 Å². The number of hydrogen-bond acceptors (Lipinski definition) is 4. The van der Waals surface area contributed by atoms with E-state index < -0.39 is 23.6 Å². The molecule has 1 N–H and O–H groups in total. The second-order valence-electron chi connectivity index (χ2n) is 5.63. The van der Waals surface area contributed by atoms with Crippen LogP contribution in [0, 0.1) is 40.3 Å². The van der Waals surface area contributed by atoms with Gasteiger partial charge in [-0.1, -0.05) is 42.5 Å². The van der Waals surface area contributed by atoms with Crippen molar-refractivity contribution in [1.29, 1.82) is 10.5 Å². The van der Waals surface area contributed by atoms with E-state index in [0.29, 0.717) is 11.3 Å². The van der Waals surface area contributed by atoms with Gasteiger partial charge in [0.05, 0.1) is 23.8 Å². The maximum Gasteiger partial charge on any atom is 0.250 e. The largest absolute Gasteiger partial charge is 0.272 e. The smallest absolute Gasteiger partial charge is 0.250 e. The first-order valence-electron chi connectivity index (χ1n) is 7.63. The molecule has 0 bridgehead atoms. The molecule has 1 aliphatic heterocycles. The number of carbonyl (C=O) groups is 1. The number of rotatable bonds is 4. The van der Waals surface area contributed by atoms with Crippen molar-refractivity contribution in [3.8, 4) is 12.1 Å². The van der Waals surface area contributed by atoms with Crippen molar-refractivity contribution in [1.82, 2.24) is 5.43 Å². The van der Waals surface area contributed by atoms with Gasteiger partial charge in [0.15, 0.2) is 0 Å². The lowest BCUT2D eigenvalue weighted by molar-refractivity contribution is -0.122. The van der Waals surface area contributed by atoms with E-state index in [0.717, 1.165) is 5.56 Å². The summed E-state index contributed by atoms with van der Waals surface area (Å²) in [5, 5.41) is 22.9. The Balaban J connectivity index is 2.10. The number of nitriles is 2. The fourth-order valence-electron chi connectivity index (χ4n) is 3.02. The molecule has 25 heavy (non-hydrogen) atoms. The molecule has 5 nitrogen and oxygen atoms in total. The van der Waals surface area contributed by atoms with E-state index in [4.69, 9.17) is 0 Å². The van der Waals surface area contributed by atoms with Crippen LogP contribution >= 0.6 is 0 Å². The van der Waals surface area contributed by atoms with Crippen LogP contribution < -0.4 is 5.43 Å². The molecule has 0 spiro atoms. The SMILES string of the molecule is N#CC(C#N)[C@@H](c1ccc(F)cc1)[C@@H]1C(=O)NN=C1c1ccccc1. The van der Waals surface area contributed by atoms with Crippen molar-refractivity contribution in [2.45, 2.75) is 5.92 Å². The summed E-state index contributed by atoms with van der Waals surface area (Å²) in [4.78, 5) is 12.5. The van der Waals surface area contributed by atoms with Crippen molar-refractivity contribution in [2.24, 2.45) is 16.9 Å². The Morgan fingerprint density at radius 3 is 2.28 bits per heavy atom. The monoisotopic (exact) mass is 332 g/mol. The predicted octanol–water partition coefficient (Wildman–Crippen LogP) is 2.72. The Hall–Kier alpha value is -3.51. The summed E-state index contributed by atoms with van der Waals surface area (Å²) in [6.45, 7) is 0. The van der Waals surface area contributed by atoms with Crippen LogP contribution in [0.25, 0.3) is 0 Å². The number of halogens is 1. The fraction of sp³-hybridized carbons (Fsp3) is 0.158. The van der Waals surface area contributed by atoms with Gasteiger partial charge in [0.25, 0.3) is 0 Å². The molecule has 0 saturated heterocycles. The second kappa shape index (κ2) is 6.94. The quantitative estimate of drug-likeness (QED) is 0.933. The molecule has 0 saturated carbocycles. The van der Waals surface area contributed by atoms with Gasteiger partial charge < -0.3 is 0 Å². The first-order chi connectivity index (χ1) is 12.2. The van der Waals surface area contributed by atoms with Gasteiger partial charge >= 0.3 is 0 Å². The number of nitrogens with one attached hydrogen (secondary N) is 1. The number of hydrazone groups is 1. The minimum Gasteiger partial charge on any atom is -0.272 e. The van der Waals surface area contributed by atoms with Crippen LogP contribution in [-0.2, 0) is 4.79 Å². The van der Waals surface area contributed by atoms with E-state index in [-0.39, 0.29) is 5.91 Å². The lowest BCUT2D eigenvalue weighted by Crippen LogP contribution is -2.33. The van der Waals surface area contributed by atoms with Crippen molar-refractivity contribution in [2.75, 3.05) is 0 Å². The first kappa shape index (κ1) is 16.4. The molecule has 1 heterocycles. The Morgan fingerprint density at radius 1 is 1.04 bits per heavy atom. The molecule has 0 radical (unpaired) electrons. The Kier molecular flexibility index (Phi) is 4.54. The lowest BCUT2D eigenvalue weighted by atomic mass is 9.74. The van der Waals surface area contributed by atoms with E-state index in [1.165, 1.54) is 24.3 Å². The van der Waals surface area contributed by atoms with Gasteiger partial charge in [-0.3, -0.25) is 4.79 Å². The summed E-state index contributed by atoms with van der Waals surface area (Å²) in [7, 11) is 0. The molecule has 2 aromatic rings. The standard InChI is InChI=1S/C19H13FN4O/c20-15-8-6-12(7-9-15)16(14(10-21)11-22)17-18(23-24-19(17)25)13-4-2-1-3-5-13/h1-9,14,16-17H,(H,24,25)/t16-,17+/m1/s1. The summed E-state index contributed by atoms with van der Waals surface area (Å²) in [6.07, 6.45) is 0. The molecule has 2 atom stereocenters. The van der Waals surface area contributed by atoms with E-state index in [1.54, 1.807) is 0 Å². The highest BCUT2D eigenvalue weighted by molar-refractivity contribution is 6.16. The predicted molar refractivity (Wildman–Crippen MR) is 88.5 cm³/mol. The highest BCUT2D eigenvalue weighted by Gasteiger charge is 2.42. The summed E-state index contributed by atoms with van der Waals surface area (Å²) in [5.74, 6) is -3.45. The van der Waals surface area contributed by atoms with Crippen LogP contribution in [0.2, 0.25) is 0 Å². The average Bonchev–Trinajstić information content (AvgIpc) is 3.02. The zero-order chi connectivity index (χ0) is 17.8. The molecule has 3 rings (SSSR count). The zero-order valence-corrected chi connectivity index (χ0v) is 13.1. The molecule has 2 aromatic carbocycles. The van der Waals surface area contributed by atoms with Crippen LogP contribution in [-0.4, -0.2) is 11.6 Å². The molecular formula is C19H13FN4O. The normalized spacial score (nSPS) is 17.4. The Labute approximate surface area is 144 Å². The van der Waals surface area contributed by atoms with Crippen LogP contribution in [0.15, 0.2) is 59.7 Å². The van der Waals surface area contributed by atoms with E-state index in [9.17, 15) is 19.7 Å². The number of hydrogen-bond donors (Lipinski definition) is 1. The molecular weight excluding hydrogens is 319 g/mol. The van der Waals surface area contributed by atoms with Gasteiger partial charge in [0.1, 0.15) is 11.7 Å². The summed E-state index contributed by atoms with van der Waals surface area (Å²) in [6, 6.07) is 18.5. The molecule has 0 unspecified atom stereocenters. The Morgan fingerprint density at radius 2 is 1.68 bits per heavy atom. The molecule has 0 aliphatic carbocycles. The van der Waals surface area contributed by atoms with Gasteiger partial charge in [0.2, 0.25) is 5.91 Å². The zero-order valence-electron chi connectivity index (χ0n) is 13.1. The highest BCUT2D eigenvalue weighted by Crippen LogP contribution is 2.36. The third kappa shape index (κ3) is 3.11. The first-order valence-corrected chi connectivity index (χ1v) is 7.63. The average molecular weight is 332 g/mol. The number of nitrogens with zero attached hydrogens (tertiary/aromatic N) is 3. The number of benzene rings is 2. The highest BCUT2D eigenvalue weighted by atomic mass is 19.1. The van der Waals surface area contributed by atoms with Gasteiger partial charge in [-0.15, -0.1) is 0 Å². The minimum atomic E-state index is -1.08. The molecule has 0 aromatic heterocycles. The van der Waals surface area contributed by atoms with E-state index >= 15 is 0 Å². The molecule has 6 heteroatoms. The van der Waals surface area contributed by atoms with Crippen LogP contribution in [0.3, 0.4) is 0 Å². The summed E-state index contributed by atoms with van der Waals surface area (Å²) in [5.41, 5.74) is 4.18. The summed E-state index contributed by atoms with van der Waals surface area (Å²) >= 11 is 0. The van der Waals surface area contributed by atoms with E-state index in [2.05, 4.69) is 10.5 Å². The molecule has 1 amide bonds. The number of carbonyl (C=O) groups excluding carboxylic acids is 1. The van der Waals surface area contributed by atoms with Crippen molar-refractivity contribution in [3.63, 3.8) is 0 Å². The second-order valence-corrected chi connectivity index (χ2v) is 5.63. The van der Waals surface area contributed by atoms with Gasteiger partial charge in [0, 0.05) is 5.92 Å². The van der Waals surface area contributed by atoms with Crippen molar-refractivity contribution >= 4 is 11.6 Å². The van der Waals surface area contributed by atoms with Crippen molar-refractivity contribution < 1.29 is 9.18 Å². The third-order valence-corrected chi connectivity index (χ3v) is 4.18. The van der Waals surface area contributed by atoms with Crippen LogP contribution in [0.5, 0.6) is 0 Å². The van der Waals surface area contributed by atoms with Gasteiger partial charge in [-0.25, -0.2) is 9.82 Å². The maximum absolute atomic E-state index is 13.3.